The van der Waals surface area contributed by atoms with Gasteiger partial charge in [0.25, 0.3) is 0 Å². The van der Waals surface area contributed by atoms with E-state index in [9.17, 15) is 15.2 Å². The lowest BCUT2D eigenvalue weighted by Gasteiger charge is -2.31. The van der Waals surface area contributed by atoms with Crippen LogP contribution in [0.25, 0.3) is 0 Å². The van der Waals surface area contributed by atoms with E-state index in [0.717, 1.165) is 5.69 Å². The second-order valence-electron chi connectivity index (χ2n) is 4.96. The summed E-state index contributed by atoms with van der Waals surface area (Å²) >= 11 is 1.33. The molecule has 0 spiro atoms. The minimum Gasteiger partial charge on any atom is -0.733 e. The zero-order chi connectivity index (χ0) is 15.7. The van der Waals surface area contributed by atoms with Crippen LogP contribution in [0.15, 0.2) is 42.6 Å². The highest BCUT2D eigenvalue weighted by Crippen LogP contribution is 2.50. The monoisotopic (exact) mass is 316 g/mol. The number of carbonyl (C=O) groups is 1. The quantitative estimate of drug-likeness (QED) is 0.843. The highest BCUT2D eigenvalue weighted by Gasteiger charge is 2.48. The molecule has 3 rings (SSSR count). The van der Waals surface area contributed by atoms with Gasteiger partial charge in [0.1, 0.15) is 4.75 Å². The van der Waals surface area contributed by atoms with E-state index in [-0.39, 0.29) is 16.8 Å². The van der Waals surface area contributed by atoms with Gasteiger partial charge in [-0.3, -0.25) is 15.0 Å². The molecule has 0 saturated carbocycles. The first-order chi connectivity index (χ1) is 10.6. The lowest BCUT2D eigenvalue weighted by Crippen LogP contribution is -2.34. The first-order valence-electron chi connectivity index (χ1n) is 6.64. The van der Waals surface area contributed by atoms with E-state index in [4.69, 9.17) is 0 Å². The van der Waals surface area contributed by atoms with Crippen molar-refractivity contribution in [2.45, 2.75) is 11.2 Å². The van der Waals surface area contributed by atoms with Crippen LogP contribution in [0.2, 0.25) is 0 Å². The van der Waals surface area contributed by atoms with E-state index in [1.165, 1.54) is 17.8 Å². The number of fused-ring (bicyclic) bond motifs is 1. The predicted molar refractivity (Wildman–Crippen MR) is 85.8 cm³/mol. The Balaban J connectivity index is 2.15. The Morgan fingerprint density at radius 2 is 2.18 bits per heavy atom. The summed E-state index contributed by atoms with van der Waals surface area (Å²) in [5.74, 6) is -0.213. The van der Waals surface area contributed by atoms with Crippen LogP contribution in [0.5, 0.6) is 0 Å². The van der Waals surface area contributed by atoms with E-state index in [1.54, 1.807) is 30.7 Å². The van der Waals surface area contributed by atoms with Crippen LogP contribution in [-0.4, -0.2) is 22.4 Å². The van der Waals surface area contributed by atoms with Gasteiger partial charge in [-0.05, 0) is 30.5 Å². The number of benzene rings is 1. The largest absolute Gasteiger partial charge is 0.733 e. The lowest BCUT2D eigenvalue weighted by atomic mass is 9.92. The van der Waals surface area contributed by atoms with Gasteiger partial charge in [0.15, 0.2) is 0 Å². The molecule has 1 aromatic heterocycles. The van der Waals surface area contributed by atoms with Gasteiger partial charge in [-0.25, -0.2) is 0 Å². The van der Waals surface area contributed by atoms with E-state index in [2.05, 4.69) is 10.3 Å². The standard InChI is InChI=1S/C15H14N3O3S/c1-22-15(9-10-5-2-3-8-16-10)13-11(17-14(15)19)6-4-7-12(13)18(20)21/h2-8,20H,9H2,1H3,(H,17,19)/q-1. The van der Waals surface area contributed by atoms with Crippen molar-refractivity contribution in [3.63, 3.8) is 0 Å². The minimum absolute atomic E-state index is 0.0705. The van der Waals surface area contributed by atoms with Crippen molar-refractivity contribution in [3.8, 4) is 0 Å². The Morgan fingerprint density at radius 3 is 2.82 bits per heavy atom. The van der Waals surface area contributed by atoms with Crippen LogP contribution >= 0.6 is 11.8 Å². The third-order valence-corrected chi connectivity index (χ3v) is 5.00. The molecular formula is C15H14N3O3S-. The number of pyridine rings is 1. The summed E-state index contributed by atoms with van der Waals surface area (Å²) < 4.78 is -0.994. The molecule has 0 saturated heterocycles. The topological polar surface area (TPSA) is 88.5 Å². The molecule has 7 heteroatoms. The second kappa shape index (κ2) is 5.60. The van der Waals surface area contributed by atoms with Gasteiger partial charge in [-0.15, -0.1) is 11.8 Å². The molecule has 22 heavy (non-hydrogen) atoms. The molecule has 0 radical (unpaired) electrons. The fraction of sp³-hybridized carbons (Fsp3) is 0.200. The van der Waals surface area contributed by atoms with E-state index >= 15 is 0 Å². The molecule has 2 aromatic rings. The summed E-state index contributed by atoms with van der Waals surface area (Å²) in [6.07, 6.45) is 3.80. The Hall–Kier alpha value is -2.09. The van der Waals surface area contributed by atoms with Gasteiger partial charge in [0.2, 0.25) is 5.91 Å². The molecule has 1 aromatic carbocycles. The van der Waals surface area contributed by atoms with Crippen molar-refractivity contribution < 1.29 is 10.0 Å². The van der Waals surface area contributed by atoms with Gasteiger partial charge in [-0.2, -0.15) is 0 Å². The zero-order valence-corrected chi connectivity index (χ0v) is 12.6. The first-order valence-corrected chi connectivity index (χ1v) is 7.87. The number of nitrogens with zero attached hydrogens (tertiary/aromatic N) is 2. The molecule has 1 unspecified atom stereocenters. The molecule has 1 amide bonds. The lowest BCUT2D eigenvalue weighted by molar-refractivity contribution is -0.118. The van der Waals surface area contributed by atoms with Crippen molar-refractivity contribution in [1.82, 2.24) is 4.98 Å². The van der Waals surface area contributed by atoms with Crippen molar-refractivity contribution in [1.29, 1.82) is 0 Å². The molecule has 2 N–H and O–H groups in total. The van der Waals surface area contributed by atoms with Crippen molar-refractivity contribution in [2.75, 3.05) is 16.8 Å². The van der Waals surface area contributed by atoms with E-state index in [1.807, 2.05) is 12.1 Å². The van der Waals surface area contributed by atoms with Crippen LogP contribution in [0.4, 0.5) is 11.4 Å². The fourth-order valence-electron chi connectivity index (χ4n) is 2.76. The first kappa shape index (κ1) is 14.8. The number of hydrogen-bond acceptors (Lipinski definition) is 6. The number of anilines is 2. The third-order valence-electron chi connectivity index (χ3n) is 3.77. The SMILES string of the molecule is CSC1(Cc2ccccn2)C(=O)Nc2cccc(N([O-])O)c21. The number of thioether (sulfide) groups is 1. The third kappa shape index (κ3) is 2.23. The molecule has 1 atom stereocenters. The summed E-state index contributed by atoms with van der Waals surface area (Å²) in [6, 6.07) is 10.3. The Morgan fingerprint density at radius 1 is 1.36 bits per heavy atom. The van der Waals surface area contributed by atoms with Crippen LogP contribution in [0.3, 0.4) is 0 Å². The van der Waals surface area contributed by atoms with Crippen molar-refractivity contribution in [2.24, 2.45) is 0 Å². The zero-order valence-electron chi connectivity index (χ0n) is 11.8. The molecule has 2 heterocycles. The number of carbonyl (C=O) groups excluding carboxylic acids is 1. The molecular weight excluding hydrogens is 302 g/mol. The maximum absolute atomic E-state index is 12.6. The van der Waals surface area contributed by atoms with Gasteiger partial charge < -0.3 is 15.8 Å². The summed E-state index contributed by atoms with van der Waals surface area (Å²) in [5, 5.41) is 23.5. The molecule has 1 aliphatic heterocycles. The number of aromatic nitrogens is 1. The maximum Gasteiger partial charge on any atom is 0.245 e. The molecule has 0 aliphatic carbocycles. The molecule has 1 aliphatic rings. The summed E-state index contributed by atoms with van der Waals surface area (Å²) in [4.78, 5) is 16.9. The Kier molecular flexibility index (Phi) is 3.78. The van der Waals surface area contributed by atoms with E-state index in [0.29, 0.717) is 17.7 Å². The van der Waals surface area contributed by atoms with Crippen LogP contribution < -0.4 is 10.5 Å². The van der Waals surface area contributed by atoms with Gasteiger partial charge in [0.05, 0.1) is 5.69 Å². The highest BCUT2D eigenvalue weighted by molar-refractivity contribution is 8.00. The van der Waals surface area contributed by atoms with Crippen molar-refractivity contribution in [3.05, 3.63) is 59.1 Å². The smallest absolute Gasteiger partial charge is 0.245 e. The normalized spacial score (nSPS) is 19.7. The van der Waals surface area contributed by atoms with Crippen molar-refractivity contribution >= 4 is 29.0 Å². The molecule has 114 valence electrons. The number of hydrogen-bond donors (Lipinski definition) is 2. The fourth-order valence-corrected chi connectivity index (χ4v) is 3.71. The van der Waals surface area contributed by atoms with Gasteiger partial charge in [0, 0.05) is 29.6 Å². The van der Waals surface area contributed by atoms with Gasteiger partial charge >= 0.3 is 0 Å². The summed E-state index contributed by atoms with van der Waals surface area (Å²) in [5.41, 5.74) is 1.85. The minimum atomic E-state index is -0.994. The average Bonchev–Trinajstić information content (AvgIpc) is 2.80. The summed E-state index contributed by atoms with van der Waals surface area (Å²) in [6.45, 7) is 0. The Bertz CT molecular complexity index is 708. The van der Waals surface area contributed by atoms with Crippen LogP contribution in [-0.2, 0) is 16.0 Å². The molecule has 6 nitrogen and oxygen atoms in total. The van der Waals surface area contributed by atoms with Crippen LogP contribution in [0.1, 0.15) is 11.3 Å². The number of amides is 1. The molecule has 0 bridgehead atoms. The number of rotatable bonds is 4. The molecule has 0 fully saturated rings. The highest BCUT2D eigenvalue weighted by atomic mass is 32.2. The van der Waals surface area contributed by atoms with Gasteiger partial charge in [-0.1, -0.05) is 12.1 Å². The Labute approximate surface area is 131 Å². The van der Waals surface area contributed by atoms with Crippen LogP contribution in [0, 0.1) is 5.21 Å². The summed E-state index contributed by atoms with van der Waals surface area (Å²) in [7, 11) is 0. The predicted octanol–water partition coefficient (Wildman–Crippen LogP) is 2.53. The van der Waals surface area contributed by atoms with E-state index < -0.39 is 4.75 Å². The average molecular weight is 316 g/mol. The number of nitrogens with one attached hydrogen (secondary N) is 1. The maximum atomic E-state index is 12.6. The second-order valence-corrected chi connectivity index (χ2v) is 6.06.